The van der Waals surface area contributed by atoms with E-state index < -0.39 is 0 Å². The molecule has 1 amide bonds. The van der Waals surface area contributed by atoms with E-state index in [1.807, 2.05) is 24.3 Å². The Labute approximate surface area is 97.0 Å². The van der Waals surface area contributed by atoms with Crippen LogP contribution in [0.4, 0.5) is 5.69 Å². The lowest BCUT2D eigenvalue weighted by Gasteiger charge is -2.14. The lowest BCUT2D eigenvalue weighted by atomic mass is 10.1. The number of nitrogen functional groups attached to an aromatic ring is 1. The van der Waals surface area contributed by atoms with Gasteiger partial charge < -0.3 is 11.1 Å². The van der Waals surface area contributed by atoms with Gasteiger partial charge in [0.15, 0.2) is 0 Å². The standard InChI is InChI=1S/C13H20N2O/c1-3-12(4-2)15-13(16)9-10-6-5-7-11(14)8-10/h5-8,12H,3-4,9,14H2,1-2H3,(H,15,16). The monoisotopic (exact) mass is 220 g/mol. The summed E-state index contributed by atoms with van der Waals surface area (Å²) < 4.78 is 0. The summed E-state index contributed by atoms with van der Waals surface area (Å²) in [6.07, 6.45) is 2.35. The van der Waals surface area contributed by atoms with Crippen molar-refractivity contribution in [1.29, 1.82) is 0 Å². The van der Waals surface area contributed by atoms with Gasteiger partial charge in [-0.25, -0.2) is 0 Å². The Kier molecular flexibility index (Phi) is 4.83. The highest BCUT2D eigenvalue weighted by atomic mass is 16.1. The summed E-state index contributed by atoms with van der Waals surface area (Å²) in [5, 5.41) is 3.00. The Morgan fingerprint density at radius 3 is 2.62 bits per heavy atom. The van der Waals surface area contributed by atoms with Gasteiger partial charge in [0.25, 0.3) is 0 Å². The molecule has 0 saturated carbocycles. The van der Waals surface area contributed by atoms with Crippen molar-refractivity contribution >= 4 is 11.6 Å². The molecular weight excluding hydrogens is 200 g/mol. The number of hydrogen-bond donors (Lipinski definition) is 2. The molecule has 3 heteroatoms. The zero-order valence-corrected chi connectivity index (χ0v) is 9.99. The first-order chi connectivity index (χ1) is 7.65. The number of rotatable bonds is 5. The molecule has 3 nitrogen and oxygen atoms in total. The molecule has 0 aliphatic heterocycles. The minimum Gasteiger partial charge on any atom is -0.399 e. The summed E-state index contributed by atoms with van der Waals surface area (Å²) in [7, 11) is 0. The van der Waals surface area contributed by atoms with Gasteiger partial charge in [-0.1, -0.05) is 26.0 Å². The third kappa shape index (κ3) is 3.93. The normalized spacial score (nSPS) is 10.4. The van der Waals surface area contributed by atoms with E-state index in [2.05, 4.69) is 19.2 Å². The molecule has 0 fully saturated rings. The van der Waals surface area contributed by atoms with Crippen molar-refractivity contribution in [2.45, 2.75) is 39.2 Å². The third-order valence-electron chi connectivity index (χ3n) is 2.67. The van der Waals surface area contributed by atoms with Gasteiger partial charge in [-0.05, 0) is 30.5 Å². The summed E-state index contributed by atoms with van der Waals surface area (Å²) in [4.78, 5) is 11.7. The first-order valence-electron chi connectivity index (χ1n) is 5.79. The van der Waals surface area contributed by atoms with Gasteiger partial charge in [-0.2, -0.15) is 0 Å². The summed E-state index contributed by atoms with van der Waals surface area (Å²) in [5.41, 5.74) is 7.32. The van der Waals surface area contributed by atoms with Crippen LogP contribution < -0.4 is 11.1 Å². The number of carbonyl (C=O) groups is 1. The molecule has 0 aliphatic rings. The molecule has 0 radical (unpaired) electrons. The summed E-state index contributed by atoms with van der Waals surface area (Å²) >= 11 is 0. The smallest absolute Gasteiger partial charge is 0.224 e. The highest BCUT2D eigenvalue weighted by Crippen LogP contribution is 2.07. The van der Waals surface area contributed by atoms with Crippen LogP contribution in [0.15, 0.2) is 24.3 Å². The van der Waals surface area contributed by atoms with E-state index in [-0.39, 0.29) is 11.9 Å². The van der Waals surface area contributed by atoms with Crippen LogP contribution >= 0.6 is 0 Å². The van der Waals surface area contributed by atoms with E-state index in [0.717, 1.165) is 18.4 Å². The quantitative estimate of drug-likeness (QED) is 0.747. The number of carbonyl (C=O) groups excluding carboxylic acids is 1. The molecule has 0 saturated heterocycles. The molecule has 0 aromatic heterocycles. The minimum atomic E-state index is 0.0688. The molecule has 0 spiro atoms. The molecule has 0 heterocycles. The van der Waals surface area contributed by atoms with Gasteiger partial charge in [-0.3, -0.25) is 4.79 Å². The maximum atomic E-state index is 11.7. The van der Waals surface area contributed by atoms with Crippen LogP contribution in [-0.2, 0) is 11.2 Å². The van der Waals surface area contributed by atoms with Crippen molar-refractivity contribution in [1.82, 2.24) is 5.32 Å². The van der Waals surface area contributed by atoms with Crippen LogP contribution in [0.2, 0.25) is 0 Å². The zero-order valence-electron chi connectivity index (χ0n) is 9.99. The fraction of sp³-hybridized carbons (Fsp3) is 0.462. The average molecular weight is 220 g/mol. The predicted molar refractivity (Wildman–Crippen MR) is 67.1 cm³/mol. The molecule has 0 unspecified atom stereocenters. The molecule has 1 aromatic carbocycles. The lowest BCUT2D eigenvalue weighted by Crippen LogP contribution is -2.34. The second-order valence-corrected chi connectivity index (χ2v) is 4.00. The number of anilines is 1. The average Bonchev–Trinajstić information content (AvgIpc) is 2.26. The van der Waals surface area contributed by atoms with Gasteiger partial charge in [0.1, 0.15) is 0 Å². The van der Waals surface area contributed by atoms with Gasteiger partial charge in [0, 0.05) is 11.7 Å². The Balaban J connectivity index is 2.51. The Morgan fingerprint density at radius 2 is 2.06 bits per heavy atom. The summed E-state index contributed by atoms with van der Waals surface area (Å²) in [6.45, 7) is 4.16. The molecule has 0 atom stereocenters. The van der Waals surface area contributed by atoms with E-state index in [9.17, 15) is 4.79 Å². The van der Waals surface area contributed by atoms with Crippen molar-refractivity contribution in [2.24, 2.45) is 0 Å². The molecular formula is C13H20N2O. The molecule has 88 valence electrons. The number of nitrogens with two attached hydrogens (primary N) is 1. The van der Waals surface area contributed by atoms with Crippen LogP contribution in [-0.4, -0.2) is 11.9 Å². The van der Waals surface area contributed by atoms with Crippen molar-refractivity contribution in [3.8, 4) is 0 Å². The van der Waals surface area contributed by atoms with Crippen molar-refractivity contribution in [3.05, 3.63) is 29.8 Å². The maximum Gasteiger partial charge on any atom is 0.224 e. The fourth-order valence-corrected chi connectivity index (χ4v) is 1.66. The largest absolute Gasteiger partial charge is 0.399 e. The second-order valence-electron chi connectivity index (χ2n) is 4.00. The van der Waals surface area contributed by atoms with E-state index >= 15 is 0 Å². The summed E-state index contributed by atoms with van der Waals surface area (Å²) in [6, 6.07) is 7.74. The molecule has 1 rings (SSSR count). The van der Waals surface area contributed by atoms with E-state index in [4.69, 9.17) is 5.73 Å². The van der Waals surface area contributed by atoms with Crippen LogP contribution in [0.5, 0.6) is 0 Å². The third-order valence-corrected chi connectivity index (χ3v) is 2.67. The van der Waals surface area contributed by atoms with Gasteiger partial charge in [0.05, 0.1) is 6.42 Å². The van der Waals surface area contributed by atoms with E-state index in [1.165, 1.54) is 0 Å². The fourth-order valence-electron chi connectivity index (χ4n) is 1.66. The number of nitrogens with one attached hydrogen (secondary N) is 1. The number of amides is 1. The van der Waals surface area contributed by atoms with Gasteiger partial charge in [-0.15, -0.1) is 0 Å². The van der Waals surface area contributed by atoms with Gasteiger partial charge >= 0.3 is 0 Å². The van der Waals surface area contributed by atoms with E-state index in [1.54, 1.807) is 0 Å². The van der Waals surface area contributed by atoms with Crippen LogP contribution in [0.25, 0.3) is 0 Å². The van der Waals surface area contributed by atoms with Crippen LogP contribution in [0.3, 0.4) is 0 Å². The summed E-state index contributed by atoms with van der Waals surface area (Å²) in [5.74, 6) is 0.0688. The number of hydrogen-bond acceptors (Lipinski definition) is 2. The topological polar surface area (TPSA) is 55.1 Å². The number of benzene rings is 1. The Morgan fingerprint density at radius 1 is 1.38 bits per heavy atom. The minimum absolute atomic E-state index is 0.0688. The highest BCUT2D eigenvalue weighted by Gasteiger charge is 2.08. The SMILES string of the molecule is CCC(CC)NC(=O)Cc1cccc(N)c1. The van der Waals surface area contributed by atoms with Crippen LogP contribution in [0.1, 0.15) is 32.3 Å². The highest BCUT2D eigenvalue weighted by molar-refractivity contribution is 5.79. The zero-order chi connectivity index (χ0) is 12.0. The first-order valence-corrected chi connectivity index (χ1v) is 5.79. The lowest BCUT2D eigenvalue weighted by molar-refractivity contribution is -0.121. The second kappa shape index (κ2) is 6.16. The predicted octanol–water partition coefficient (Wildman–Crippen LogP) is 2.12. The van der Waals surface area contributed by atoms with Crippen molar-refractivity contribution in [2.75, 3.05) is 5.73 Å². The van der Waals surface area contributed by atoms with Crippen molar-refractivity contribution < 1.29 is 4.79 Å². The molecule has 0 bridgehead atoms. The molecule has 16 heavy (non-hydrogen) atoms. The van der Waals surface area contributed by atoms with Crippen LogP contribution in [0, 0.1) is 0 Å². The molecule has 0 aliphatic carbocycles. The maximum absolute atomic E-state index is 11.7. The van der Waals surface area contributed by atoms with Crippen molar-refractivity contribution in [3.63, 3.8) is 0 Å². The Hall–Kier alpha value is -1.51. The van der Waals surface area contributed by atoms with Gasteiger partial charge in [0.2, 0.25) is 5.91 Å². The molecule has 3 N–H and O–H groups in total. The molecule has 1 aromatic rings. The Bertz CT molecular complexity index is 346. The van der Waals surface area contributed by atoms with E-state index in [0.29, 0.717) is 12.1 Å². The first kappa shape index (κ1) is 12.6.